The molecule has 2 amide bonds. The quantitative estimate of drug-likeness (QED) is 0.595. The molecule has 0 spiro atoms. The van der Waals surface area contributed by atoms with Crippen molar-refractivity contribution in [1.29, 1.82) is 0 Å². The summed E-state index contributed by atoms with van der Waals surface area (Å²) in [6.07, 6.45) is -4.17. The largest absolute Gasteiger partial charge is 0.416 e. The van der Waals surface area contributed by atoms with Crippen LogP contribution in [0.2, 0.25) is 0 Å². The van der Waals surface area contributed by atoms with Crippen LogP contribution in [0.15, 0.2) is 53.1 Å². The van der Waals surface area contributed by atoms with Crippen molar-refractivity contribution in [2.75, 3.05) is 11.9 Å². The Kier molecular flexibility index (Phi) is 6.68. The highest BCUT2D eigenvalue weighted by Crippen LogP contribution is 2.34. The van der Waals surface area contributed by atoms with Crippen LogP contribution in [0.5, 0.6) is 0 Å². The lowest BCUT2D eigenvalue weighted by molar-refractivity contribution is -0.137. The first-order chi connectivity index (χ1) is 14.7. The molecule has 0 saturated carbocycles. The molecule has 2 N–H and O–H groups in total. The lowest BCUT2D eigenvalue weighted by Crippen LogP contribution is -2.27. The zero-order valence-electron chi connectivity index (χ0n) is 16.5. The Bertz CT molecular complexity index is 1070. The second-order valence-corrected chi connectivity index (χ2v) is 6.76. The van der Waals surface area contributed by atoms with Gasteiger partial charge in [0.25, 0.3) is 5.89 Å². The van der Waals surface area contributed by atoms with Crippen molar-refractivity contribution in [3.8, 4) is 11.5 Å². The third-order valence-electron chi connectivity index (χ3n) is 4.19. The summed E-state index contributed by atoms with van der Waals surface area (Å²) < 4.78 is 44.6. The zero-order chi connectivity index (χ0) is 22.4. The molecular weight excluding hydrogens is 413 g/mol. The summed E-state index contributed by atoms with van der Waals surface area (Å²) in [6.45, 7) is 1.60. The topological polar surface area (TPSA) is 97.1 Å². The summed E-state index contributed by atoms with van der Waals surface area (Å²) in [7, 11) is 0. The van der Waals surface area contributed by atoms with Crippen LogP contribution in [0.25, 0.3) is 11.5 Å². The molecule has 2 aromatic carbocycles. The average molecular weight is 432 g/mol. The number of nitrogens with zero attached hydrogens (tertiary/aromatic N) is 2. The van der Waals surface area contributed by atoms with Gasteiger partial charge in [0, 0.05) is 24.7 Å². The van der Waals surface area contributed by atoms with Gasteiger partial charge in [-0.3, -0.25) is 9.59 Å². The molecule has 0 saturated heterocycles. The van der Waals surface area contributed by atoms with E-state index in [1.165, 1.54) is 13.0 Å². The lowest BCUT2D eigenvalue weighted by Gasteiger charge is -2.11. The first-order valence-corrected chi connectivity index (χ1v) is 9.34. The highest BCUT2D eigenvalue weighted by Gasteiger charge is 2.32. The first kappa shape index (κ1) is 22.0. The molecular formula is C21H19F3N4O3. The second-order valence-electron chi connectivity index (χ2n) is 6.76. The van der Waals surface area contributed by atoms with Crippen molar-refractivity contribution >= 4 is 17.5 Å². The molecule has 0 unspecified atom stereocenters. The fraction of sp³-hybridized carbons (Fsp3) is 0.238. The molecule has 0 fully saturated rings. The number of carbonyl (C=O) groups is 2. The minimum absolute atomic E-state index is 0.0261. The van der Waals surface area contributed by atoms with Crippen LogP contribution in [-0.4, -0.2) is 28.5 Å². The fourth-order valence-corrected chi connectivity index (χ4v) is 2.83. The number of alkyl halides is 3. The maximum atomic E-state index is 13.2. The molecule has 3 rings (SSSR count). The fourth-order valence-electron chi connectivity index (χ4n) is 2.83. The van der Waals surface area contributed by atoms with Crippen LogP contribution in [0, 0.1) is 0 Å². The summed E-state index contributed by atoms with van der Waals surface area (Å²) in [6, 6.07) is 12.5. The predicted octanol–water partition coefficient (Wildman–Crippen LogP) is 3.62. The SMILES string of the molecule is CC(=O)Nc1cc(-c2nc(CC(=O)NCCc3ccccc3)no2)cc(C(F)(F)F)c1. The number of amides is 2. The van der Waals surface area contributed by atoms with E-state index in [0.717, 1.165) is 17.7 Å². The average Bonchev–Trinajstić information content (AvgIpc) is 3.16. The van der Waals surface area contributed by atoms with E-state index in [-0.39, 0.29) is 35.3 Å². The van der Waals surface area contributed by atoms with Crippen molar-refractivity contribution in [3.05, 3.63) is 65.5 Å². The monoisotopic (exact) mass is 432 g/mol. The van der Waals surface area contributed by atoms with Gasteiger partial charge in [0.2, 0.25) is 11.8 Å². The van der Waals surface area contributed by atoms with E-state index >= 15 is 0 Å². The van der Waals surface area contributed by atoms with E-state index in [4.69, 9.17) is 4.52 Å². The molecule has 0 bridgehead atoms. The van der Waals surface area contributed by atoms with Crippen molar-refractivity contribution in [1.82, 2.24) is 15.5 Å². The smallest absolute Gasteiger partial charge is 0.355 e. The molecule has 0 radical (unpaired) electrons. The van der Waals surface area contributed by atoms with E-state index in [0.29, 0.717) is 13.0 Å². The highest BCUT2D eigenvalue weighted by atomic mass is 19.4. The van der Waals surface area contributed by atoms with Crippen molar-refractivity contribution in [3.63, 3.8) is 0 Å². The van der Waals surface area contributed by atoms with Gasteiger partial charge in [-0.05, 0) is 30.2 Å². The van der Waals surface area contributed by atoms with Gasteiger partial charge in [0.05, 0.1) is 12.0 Å². The number of anilines is 1. The van der Waals surface area contributed by atoms with Crippen molar-refractivity contribution < 1.29 is 27.3 Å². The van der Waals surface area contributed by atoms with Gasteiger partial charge in [0.1, 0.15) is 0 Å². The van der Waals surface area contributed by atoms with Crippen LogP contribution in [0.3, 0.4) is 0 Å². The normalized spacial score (nSPS) is 11.2. The molecule has 0 aliphatic carbocycles. The van der Waals surface area contributed by atoms with E-state index in [1.807, 2.05) is 30.3 Å². The Morgan fingerprint density at radius 1 is 1.10 bits per heavy atom. The highest BCUT2D eigenvalue weighted by molar-refractivity contribution is 5.89. The Labute approximate surface area is 175 Å². The number of hydrogen-bond donors (Lipinski definition) is 2. The number of nitrogens with one attached hydrogen (secondary N) is 2. The van der Waals surface area contributed by atoms with E-state index in [2.05, 4.69) is 20.8 Å². The van der Waals surface area contributed by atoms with Gasteiger partial charge in [0.15, 0.2) is 5.82 Å². The number of hydrogen-bond acceptors (Lipinski definition) is 5. The Hall–Kier alpha value is -3.69. The van der Waals surface area contributed by atoms with Gasteiger partial charge >= 0.3 is 6.18 Å². The molecule has 10 heteroatoms. The summed E-state index contributed by atoms with van der Waals surface area (Å²) in [5.41, 5.74) is 0.00821. The van der Waals surface area contributed by atoms with Crippen LogP contribution in [0.1, 0.15) is 23.9 Å². The Balaban J connectivity index is 1.68. The number of rotatable bonds is 7. The van der Waals surface area contributed by atoms with Crippen LogP contribution in [0.4, 0.5) is 18.9 Å². The third kappa shape index (κ3) is 6.39. The Morgan fingerprint density at radius 3 is 2.52 bits per heavy atom. The number of halogens is 3. The van der Waals surface area contributed by atoms with Crippen LogP contribution < -0.4 is 10.6 Å². The predicted molar refractivity (Wildman–Crippen MR) is 106 cm³/mol. The molecule has 0 aliphatic heterocycles. The summed E-state index contributed by atoms with van der Waals surface area (Å²) in [4.78, 5) is 27.3. The van der Waals surface area contributed by atoms with E-state index < -0.39 is 17.6 Å². The van der Waals surface area contributed by atoms with Crippen LogP contribution in [-0.2, 0) is 28.6 Å². The van der Waals surface area contributed by atoms with Gasteiger partial charge < -0.3 is 15.2 Å². The van der Waals surface area contributed by atoms with Crippen molar-refractivity contribution in [2.24, 2.45) is 0 Å². The van der Waals surface area contributed by atoms with Gasteiger partial charge in [-0.1, -0.05) is 35.5 Å². The molecule has 0 aliphatic rings. The van der Waals surface area contributed by atoms with E-state index in [9.17, 15) is 22.8 Å². The zero-order valence-corrected chi connectivity index (χ0v) is 16.5. The summed E-state index contributed by atoms with van der Waals surface area (Å²) in [5.74, 6) is -1.02. The third-order valence-corrected chi connectivity index (χ3v) is 4.19. The number of aromatic nitrogens is 2. The molecule has 1 aromatic heterocycles. The summed E-state index contributed by atoms with van der Waals surface area (Å²) >= 11 is 0. The first-order valence-electron chi connectivity index (χ1n) is 9.34. The van der Waals surface area contributed by atoms with Gasteiger partial charge in [-0.15, -0.1) is 0 Å². The molecule has 0 atom stereocenters. The molecule has 3 aromatic rings. The lowest BCUT2D eigenvalue weighted by atomic mass is 10.1. The minimum atomic E-state index is -4.63. The van der Waals surface area contributed by atoms with Gasteiger partial charge in [-0.25, -0.2) is 0 Å². The van der Waals surface area contributed by atoms with Gasteiger partial charge in [-0.2, -0.15) is 18.2 Å². The molecule has 162 valence electrons. The number of benzene rings is 2. The number of carbonyl (C=O) groups excluding carboxylic acids is 2. The molecule has 31 heavy (non-hydrogen) atoms. The molecule has 7 nitrogen and oxygen atoms in total. The molecule has 1 heterocycles. The van der Waals surface area contributed by atoms with E-state index in [1.54, 1.807) is 0 Å². The van der Waals surface area contributed by atoms with Crippen molar-refractivity contribution in [2.45, 2.75) is 25.9 Å². The Morgan fingerprint density at radius 2 is 1.84 bits per heavy atom. The van der Waals surface area contributed by atoms with Crippen LogP contribution >= 0.6 is 0 Å². The maximum Gasteiger partial charge on any atom is 0.416 e. The minimum Gasteiger partial charge on any atom is -0.355 e. The second kappa shape index (κ2) is 9.41. The maximum absolute atomic E-state index is 13.2. The standard InChI is InChI=1S/C21H19F3N4O3/c1-13(29)26-17-10-15(9-16(11-17)21(22,23)24)20-27-18(28-31-20)12-19(30)25-8-7-14-5-3-2-4-6-14/h2-6,9-11H,7-8,12H2,1H3,(H,25,30)(H,26,29). The summed E-state index contributed by atoms with van der Waals surface area (Å²) in [5, 5.41) is 8.71.